The van der Waals surface area contributed by atoms with Gasteiger partial charge in [-0.25, -0.2) is 9.98 Å². The van der Waals surface area contributed by atoms with Gasteiger partial charge in [-0.05, 0) is 24.8 Å². The molecule has 150 valence electrons. The van der Waals surface area contributed by atoms with Crippen LogP contribution in [0.3, 0.4) is 0 Å². The molecule has 3 rings (SSSR count). The average Bonchev–Trinajstić information content (AvgIpc) is 3.26. The first-order valence-corrected chi connectivity index (χ1v) is 9.76. The lowest BCUT2D eigenvalue weighted by Gasteiger charge is -2.33. The van der Waals surface area contributed by atoms with E-state index in [9.17, 15) is 4.79 Å². The number of benzene rings is 1. The number of aliphatic imine (C=N–C) groups is 1. The monoisotopic (exact) mass is 383 g/mol. The van der Waals surface area contributed by atoms with Gasteiger partial charge in [-0.3, -0.25) is 9.89 Å². The van der Waals surface area contributed by atoms with Gasteiger partial charge in [0.1, 0.15) is 18.7 Å². The lowest BCUT2D eigenvalue weighted by atomic mass is 9.96. The van der Waals surface area contributed by atoms with Crippen molar-refractivity contribution in [3.63, 3.8) is 0 Å². The summed E-state index contributed by atoms with van der Waals surface area (Å²) in [6.07, 6.45) is 4.44. The lowest BCUT2D eigenvalue weighted by Crippen LogP contribution is -2.46. The maximum atomic E-state index is 12.0. The van der Waals surface area contributed by atoms with Gasteiger partial charge in [-0.15, -0.1) is 0 Å². The molecule has 8 heteroatoms. The van der Waals surface area contributed by atoms with Crippen LogP contribution in [0.5, 0.6) is 0 Å². The number of nitrogens with zero attached hydrogens (tertiary/aromatic N) is 5. The maximum Gasteiger partial charge on any atom is 0.243 e. The van der Waals surface area contributed by atoms with Crippen LogP contribution in [0.25, 0.3) is 0 Å². The number of carbonyl (C=O) groups is 1. The fraction of sp³-hybridized carbons (Fsp3) is 0.500. The molecule has 1 aromatic heterocycles. The van der Waals surface area contributed by atoms with Crippen LogP contribution >= 0.6 is 0 Å². The Morgan fingerprint density at radius 2 is 2.04 bits per heavy atom. The largest absolute Gasteiger partial charge is 0.356 e. The highest BCUT2D eigenvalue weighted by Gasteiger charge is 2.24. The van der Waals surface area contributed by atoms with Crippen LogP contribution in [0.1, 0.15) is 30.1 Å². The molecule has 2 N–H and O–H groups in total. The second-order valence-corrected chi connectivity index (χ2v) is 7.22. The van der Waals surface area contributed by atoms with Crippen LogP contribution in [0, 0.1) is 0 Å². The SMILES string of the molecule is CN(C)C(=O)CN=C(NCCc1ccccc1)N1CCC(c2ncn[nH]2)CC1. The average molecular weight is 384 g/mol. The minimum atomic E-state index is -0.00101. The van der Waals surface area contributed by atoms with E-state index >= 15 is 0 Å². The third-order valence-corrected chi connectivity index (χ3v) is 5.02. The van der Waals surface area contributed by atoms with Crippen LogP contribution in [0.2, 0.25) is 0 Å². The Kier molecular flexibility index (Phi) is 7.00. The first-order valence-electron chi connectivity index (χ1n) is 9.76. The number of nitrogens with one attached hydrogen (secondary N) is 2. The summed E-state index contributed by atoms with van der Waals surface area (Å²) >= 11 is 0. The fourth-order valence-electron chi connectivity index (χ4n) is 3.29. The highest BCUT2D eigenvalue weighted by molar-refractivity contribution is 5.84. The summed E-state index contributed by atoms with van der Waals surface area (Å²) in [4.78, 5) is 24.7. The molecule has 0 radical (unpaired) electrons. The number of hydrogen-bond donors (Lipinski definition) is 2. The highest BCUT2D eigenvalue weighted by Crippen LogP contribution is 2.24. The third-order valence-electron chi connectivity index (χ3n) is 5.02. The molecule has 0 spiro atoms. The maximum absolute atomic E-state index is 12.0. The van der Waals surface area contributed by atoms with Crippen molar-refractivity contribution in [2.24, 2.45) is 4.99 Å². The Morgan fingerprint density at radius 3 is 2.68 bits per heavy atom. The molecule has 2 aromatic rings. The Balaban J connectivity index is 1.59. The zero-order chi connectivity index (χ0) is 19.8. The molecule has 1 aliphatic heterocycles. The third kappa shape index (κ3) is 5.55. The number of aromatic nitrogens is 3. The predicted octanol–water partition coefficient (Wildman–Crippen LogP) is 1.26. The van der Waals surface area contributed by atoms with E-state index < -0.39 is 0 Å². The zero-order valence-corrected chi connectivity index (χ0v) is 16.6. The first kappa shape index (κ1) is 19.9. The van der Waals surface area contributed by atoms with Crippen molar-refractivity contribution in [3.05, 3.63) is 48.0 Å². The topological polar surface area (TPSA) is 89.5 Å². The second kappa shape index (κ2) is 9.87. The van der Waals surface area contributed by atoms with Crippen LogP contribution in [-0.4, -0.2) is 77.1 Å². The predicted molar refractivity (Wildman–Crippen MR) is 109 cm³/mol. The number of rotatable bonds is 6. The van der Waals surface area contributed by atoms with E-state index in [-0.39, 0.29) is 12.5 Å². The van der Waals surface area contributed by atoms with Crippen molar-refractivity contribution < 1.29 is 4.79 Å². The van der Waals surface area contributed by atoms with Gasteiger partial charge >= 0.3 is 0 Å². The molecule has 0 aliphatic carbocycles. The van der Waals surface area contributed by atoms with E-state index in [0.29, 0.717) is 5.92 Å². The Bertz CT molecular complexity index is 750. The van der Waals surface area contributed by atoms with Crippen LogP contribution in [0.15, 0.2) is 41.7 Å². The minimum Gasteiger partial charge on any atom is -0.356 e. The number of piperidine rings is 1. The molecule has 28 heavy (non-hydrogen) atoms. The number of likely N-dealkylation sites (N-methyl/N-ethyl adjacent to an activating group) is 1. The van der Waals surface area contributed by atoms with Crippen LogP contribution in [-0.2, 0) is 11.2 Å². The standard InChI is InChI=1S/C20H29N7O/c1-26(2)18(28)14-22-20(21-11-8-16-6-4-3-5-7-16)27-12-9-17(10-13-27)19-23-15-24-25-19/h3-7,15,17H,8-14H2,1-2H3,(H,21,22)(H,23,24,25). The Hall–Kier alpha value is -2.90. The number of aromatic amines is 1. The van der Waals surface area contributed by atoms with Gasteiger partial charge in [0.05, 0.1) is 0 Å². The normalized spacial score (nSPS) is 15.5. The molecule has 0 saturated carbocycles. The van der Waals surface area contributed by atoms with Crippen molar-refractivity contribution in [2.45, 2.75) is 25.2 Å². The van der Waals surface area contributed by atoms with Gasteiger partial charge in [-0.1, -0.05) is 30.3 Å². The molecular formula is C20H29N7O. The summed E-state index contributed by atoms with van der Waals surface area (Å²) in [5.41, 5.74) is 1.28. The molecule has 0 atom stereocenters. The molecule has 2 heterocycles. The van der Waals surface area contributed by atoms with E-state index in [4.69, 9.17) is 0 Å². The summed E-state index contributed by atoms with van der Waals surface area (Å²) in [6, 6.07) is 10.4. The van der Waals surface area contributed by atoms with E-state index in [1.165, 1.54) is 5.56 Å². The van der Waals surface area contributed by atoms with Gasteiger partial charge in [0, 0.05) is 39.6 Å². The van der Waals surface area contributed by atoms with Gasteiger partial charge in [0.25, 0.3) is 0 Å². The first-order chi connectivity index (χ1) is 13.6. The van der Waals surface area contributed by atoms with Gasteiger partial charge in [0.15, 0.2) is 5.96 Å². The summed E-state index contributed by atoms with van der Waals surface area (Å²) in [7, 11) is 3.51. The summed E-state index contributed by atoms with van der Waals surface area (Å²) in [5.74, 6) is 2.16. The summed E-state index contributed by atoms with van der Waals surface area (Å²) in [5, 5.41) is 10.4. The molecule has 1 aromatic carbocycles. The van der Waals surface area contributed by atoms with Gasteiger partial charge < -0.3 is 15.1 Å². The quantitative estimate of drug-likeness (QED) is 0.579. The second-order valence-electron chi connectivity index (χ2n) is 7.22. The molecule has 0 unspecified atom stereocenters. The Morgan fingerprint density at radius 1 is 1.29 bits per heavy atom. The molecule has 0 bridgehead atoms. The summed E-state index contributed by atoms with van der Waals surface area (Å²) < 4.78 is 0. The van der Waals surface area contributed by atoms with Crippen molar-refractivity contribution in [3.8, 4) is 0 Å². The number of carbonyl (C=O) groups excluding carboxylic acids is 1. The molecule has 1 saturated heterocycles. The van der Waals surface area contributed by atoms with Crippen LogP contribution in [0.4, 0.5) is 0 Å². The van der Waals surface area contributed by atoms with E-state index in [2.05, 4.69) is 42.5 Å². The smallest absolute Gasteiger partial charge is 0.243 e. The number of H-pyrrole nitrogens is 1. The minimum absolute atomic E-state index is 0.00101. The van der Waals surface area contributed by atoms with E-state index in [0.717, 1.165) is 50.7 Å². The molecule has 1 amide bonds. The lowest BCUT2D eigenvalue weighted by molar-refractivity contribution is -0.127. The van der Waals surface area contributed by atoms with Crippen molar-refractivity contribution in [2.75, 3.05) is 40.3 Å². The summed E-state index contributed by atoms with van der Waals surface area (Å²) in [6.45, 7) is 2.68. The van der Waals surface area contributed by atoms with Crippen molar-refractivity contribution in [1.29, 1.82) is 0 Å². The Labute approximate surface area is 166 Å². The number of hydrogen-bond acceptors (Lipinski definition) is 4. The van der Waals surface area contributed by atoms with Gasteiger partial charge in [0.2, 0.25) is 5.91 Å². The highest BCUT2D eigenvalue weighted by atomic mass is 16.2. The number of likely N-dealkylation sites (tertiary alicyclic amines) is 1. The van der Waals surface area contributed by atoms with Crippen molar-refractivity contribution >= 4 is 11.9 Å². The fourth-order valence-corrected chi connectivity index (χ4v) is 3.29. The van der Waals surface area contributed by atoms with Crippen LogP contribution < -0.4 is 5.32 Å². The molecule has 8 nitrogen and oxygen atoms in total. The van der Waals surface area contributed by atoms with Crippen molar-refractivity contribution in [1.82, 2.24) is 30.3 Å². The zero-order valence-electron chi connectivity index (χ0n) is 16.6. The van der Waals surface area contributed by atoms with E-state index in [1.54, 1.807) is 25.3 Å². The van der Waals surface area contributed by atoms with Gasteiger partial charge in [-0.2, -0.15) is 5.10 Å². The molecular weight excluding hydrogens is 354 g/mol. The molecule has 1 aliphatic rings. The molecule has 1 fully saturated rings. The van der Waals surface area contributed by atoms with E-state index in [1.807, 2.05) is 18.2 Å². The number of guanidine groups is 1. The number of amides is 1.